The number of thiophene rings is 1. The maximum atomic E-state index is 6.63. The van der Waals surface area contributed by atoms with Crippen LogP contribution in [0, 0.1) is 0 Å². The van der Waals surface area contributed by atoms with Crippen molar-refractivity contribution in [1.29, 1.82) is 0 Å². The van der Waals surface area contributed by atoms with Crippen LogP contribution in [0.5, 0.6) is 0 Å². The summed E-state index contributed by atoms with van der Waals surface area (Å²) in [6.07, 6.45) is 0. The summed E-state index contributed by atoms with van der Waals surface area (Å²) in [5, 5.41) is 12.1. The molecule has 4 heteroatoms. The lowest BCUT2D eigenvalue weighted by Crippen LogP contribution is -2.11. The molecule has 0 fully saturated rings. The zero-order chi connectivity index (χ0) is 43.3. The molecule has 0 saturated heterocycles. The van der Waals surface area contributed by atoms with Crippen LogP contribution in [0.15, 0.2) is 235 Å². The Kier molecular flexibility index (Phi) is 8.15. The van der Waals surface area contributed by atoms with Crippen molar-refractivity contribution >= 4 is 114 Å². The third-order valence-corrected chi connectivity index (χ3v) is 14.8. The molecule has 0 amide bonds. The molecule has 3 nitrogen and oxygen atoms in total. The lowest BCUT2D eigenvalue weighted by atomic mass is 9.96. The number of hydrogen-bond donors (Lipinski definition) is 0. The molecule has 11 aromatic carbocycles. The SMILES string of the molecule is c1cc(-c2cccc3c2oc2ccccc23)cc(N(c2cc3ccccc3c3ccccc23)c2ccc(-c3ccccc3-n3c4ccccc4c4ccccc43)c3sc4ccccc4c23)c1. The second-order valence-electron chi connectivity index (χ2n) is 17.2. The van der Waals surface area contributed by atoms with E-state index in [0.29, 0.717) is 0 Å². The Balaban J connectivity index is 1.06. The highest BCUT2D eigenvalue weighted by molar-refractivity contribution is 7.26. The first-order chi connectivity index (χ1) is 32.8. The Morgan fingerprint density at radius 2 is 1.02 bits per heavy atom. The summed E-state index contributed by atoms with van der Waals surface area (Å²) >= 11 is 1.88. The molecule has 14 rings (SSSR count). The fraction of sp³-hybridized carbons (Fsp3) is 0. The quantitative estimate of drug-likeness (QED) is 0.155. The average molecular weight is 859 g/mol. The smallest absolute Gasteiger partial charge is 0.143 e. The van der Waals surface area contributed by atoms with Gasteiger partial charge in [0, 0.05) is 69.5 Å². The van der Waals surface area contributed by atoms with Gasteiger partial charge in [0.2, 0.25) is 0 Å². The molecule has 0 unspecified atom stereocenters. The number of fused-ring (bicyclic) bond motifs is 12. The molecule has 0 aliphatic carbocycles. The Morgan fingerprint density at radius 1 is 0.394 bits per heavy atom. The highest BCUT2D eigenvalue weighted by Gasteiger charge is 2.25. The molecule has 0 atom stereocenters. The van der Waals surface area contributed by atoms with Crippen molar-refractivity contribution in [3.63, 3.8) is 0 Å². The van der Waals surface area contributed by atoms with Crippen molar-refractivity contribution in [2.75, 3.05) is 4.90 Å². The van der Waals surface area contributed by atoms with Crippen LogP contribution in [-0.2, 0) is 0 Å². The monoisotopic (exact) mass is 858 g/mol. The largest absolute Gasteiger partial charge is 0.455 e. The highest BCUT2D eigenvalue weighted by Crippen LogP contribution is 2.51. The van der Waals surface area contributed by atoms with Gasteiger partial charge >= 0.3 is 0 Å². The maximum absolute atomic E-state index is 6.63. The van der Waals surface area contributed by atoms with Gasteiger partial charge in [-0.3, -0.25) is 0 Å². The molecule has 3 aromatic heterocycles. The summed E-state index contributed by atoms with van der Waals surface area (Å²) in [5.41, 5.74) is 13.2. The van der Waals surface area contributed by atoms with E-state index in [0.717, 1.165) is 55.8 Å². The van der Waals surface area contributed by atoms with E-state index in [-0.39, 0.29) is 0 Å². The van der Waals surface area contributed by atoms with E-state index in [1.807, 2.05) is 17.4 Å². The molecule has 0 aliphatic rings. The molecule has 0 aliphatic heterocycles. The van der Waals surface area contributed by atoms with Gasteiger partial charge in [-0.15, -0.1) is 11.3 Å². The standard InChI is InChI=1S/C62H38N2OS/c1-2-20-42-40(17-1)38-57(45-22-4-3-21-44(42)45)63(41-19-15-18-39(37-41)43-28-16-29-50-49-26-8-13-33-58(49)65-61(43)50)56-36-35-51(62-60(56)52-27-9-14-34-59(52)66-62)48-25-7-12-32-55(48)64-53-30-10-5-23-46(53)47-24-6-11-31-54(47)64/h1-38H. The molecule has 0 N–H and O–H groups in total. The number of nitrogens with zero attached hydrogens (tertiary/aromatic N) is 2. The number of para-hydroxylation sites is 5. The van der Waals surface area contributed by atoms with Gasteiger partial charge in [0.1, 0.15) is 11.2 Å². The summed E-state index contributed by atoms with van der Waals surface area (Å²) in [7, 11) is 0. The van der Waals surface area contributed by atoms with Gasteiger partial charge in [0.25, 0.3) is 0 Å². The van der Waals surface area contributed by atoms with Gasteiger partial charge in [0.05, 0.1) is 28.1 Å². The minimum atomic E-state index is 0.895. The van der Waals surface area contributed by atoms with Crippen LogP contribution in [0.1, 0.15) is 0 Å². The van der Waals surface area contributed by atoms with Crippen molar-refractivity contribution in [3.05, 3.63) is 231 Å². The molecule has 0 spiro atoms. The van der Waals surface area contributed by atoms with Crippen LogP contribution < -0.4 is 4.90 Å². The van der Waals surface area contributed by atoms with Crippen molar-refractivity contribution in [2.45, 2.75) is 0 Å². The van der Waals surface area contributed by atoms with Crippen LogP contribution in [0.4, 0.5) is 17.1 Å². The molecule has 66 heavy (non-hydrogen) atoms. The first-order valence-corrected chi connectivity index (χ1v) is 23.3. The van der Waals surface area contributed by atoms with E-state index >= 15 is 0 Å². The predicted molar refractivity (Wildman–Crippen MR) is 282 cm³/mol. The van der Waals surface area contributed by atoms with Crippen molar-refractivity contribution in [2.24, 2.45) is 0 Å². The number of anilines is 3. The van der Waals surface area contributed by atoms with Crippen molar-refractivity contribution in [3.8, 4) is 27.9 Å². The van der Waals surface area contributed by atoms with Crippen LogP contribution in [0.3, 0.4) is 0 Å². The molecule has 0 radical (unpaired) electrons. The highest BCUT2D eigenvalue weighted by atomic mass is 32.1. The number of rotatable bonds is 6. The van der Waals surface area contributed by atoms with E-state index in [9.17, 15) is 0 Å². The number of hydrogen-bond acceptors (Lipinski definition) is 3. The predicted octanol–water partition coefficient (Wildman–Crippen LogP) is 18.2. The van der Waals surface area contributed by atoms with Crippen LogP contribution in [0.2, 0.25) is 0 Å². The summed E-state index contributed by atoms with van der Waals surface area (Å²) in [4.78, 5) is 2.52. The molecular formula is C62H38N2OS. The van der Waals surface area contributed by atoms with Gasteiger partial charge in [0.15, 0.2) is 0 Å². The van der Waals surface area contributed by atoms with E-state index in [1.54, 1.807) is 0 Å². The Labute approximate surface area is 384 Å². The van der Waals surface area contributed by atoms with Crippen LogP contribution in [-0.4, -0.2) is 4.57 Å². The Morgan fingerprint density at radius 3 is 1.85 bits per heavy atom. The molecule has 3 heterocycles. The first-order valence-electron chi connectivity index (χ1n) is 22.5. The van der Waals surface area contributed by atoms with Gasteiger partial charge in [-0.05, 0) is 76.3 Å². The third-order valence-electron chi connectivity index (χ3n) is 13.6. The summed E-state index contributed by atoms with van der Waals surface area (Å²) < 4.78 is 11.6. The summed E-state index contributed by atoms with van der Waals surface area (Å²) in [6, 6.07) is 84.1. The second kappa shape index (κ2) is 14.5. The molecule has 14 aromatic rings. The number of furan rings is 1. The minimum Gasteiger partial charge on any atom is -0.455 e. The average Bonchev–Trinajstić information content (AvgIpc) is 4.07. The summed E-state index contributed by atoms with van der Waals surface area (Å²) in [6.45, 7) is 0. The zero-order valence-electron chi connectivity index (χ0n) is 35.7. The van der Waals surface area contributed by atoms with Gasteiger partial charge in [-0.25, -0.2) is 0 Å². The third kappa shape index (κ3) is 5.49. The minimum absolute atomic E-state index is 0.895. The number of aromatic nitrogens is 1. The summed E-state index contributed by atoms with van der Waals surface area (Å²) in [5.74, 6) is 0. The lowest BCUT2D eigenvalue weighted by Gasteiger charge is -2.29. The fourth-order valence-corrected chi connectivity index (χ4v) is 12.0. The van der Waals surface area contributed by atoms with Gasteiger partial charge < -0.3 is 13.9 Å². The zero-order valence-corrected chi connectivity index (χ0v) is 36.5. The Hall–Kier alpha value is -8.44. The lowest BCUT2D eigenvalue weighted by molar-refractivity contribution is 0.670. The topological polar surface area (TPSA) is 21.3 Å². The van der Waals surface area contributed by atoms with Crippen molar-refractivity contribution < 1.29 is 4.42 Å². The molecular weight excluding hydrogens is 821 g/mol. The normalized spacial score (nSPS) is 11.9. The molecule has 0 saturated carbocycles. The molecule has 308 valence electrons. The fourth-order valence-electron chi connectivity index (χ4n) is 10.7. The maximum Gasteiger partial charge on any atom is 0.143 e. The number of benzene rings is 11. The molecule has 0 bridgehead atoms. The van der Waals surface area contributed by atoms with Gasteiger partial charge in [-0.1, -0.05) is 176 Å². The van der Waals surface area contributed by atoms with E-state index in [1.165, 1.54) is 74.6 Å². The van der Waals surface area contributed by atoms with Crippen LogP contribution in [0.25, 0.3) is 113 Å². The first kappa shape index (κ1) is 37.0. The van der Waals surface area contributed by atoms with Gasteiger partial charge in [-0.2, -0.15) is 0 Å². The van der Waals surface area contributed by atoms with E-state index < -0.39 is 0 Å². The van der Waals surface area contributed by atoms with E-state index in [4.69, 9.17) is 4.42 Å². The van der Waals surface area contributed by atoms with E-state index in [2.05, 4.69) is 234 Å². The second-order valence-corrected chi connectivity index (χ2v) is 18.2. The van der Waals surface area contributed by atoms with Crippen LogP contribution >= 0.6 is 11.3 Å². The Bertz CT molecular complexity index is 4210. The van der Waals surface area contributed by atoms with Crippen molar-refractivity contribution in [1.82, 2.24) is 4.57 Å².